The second-order valence-electron chi connectivity index (χ2n) is 5.40. The molecule has 3 heterocycles. The highest BCUT2D eigenvalue weighted by molar-refractivity contribution is 9.11. The van der Waals surface area contributed by atoms with Crippen molar-refractivity contribution >= 4 is 71.5 Å². The highest BCUT2D eigenvalue weighted by Gasteiger charge is 2.23. The molecule has 4 nitrogen and oxygen atoms in total. The van der Waals surface area contributed by atoms with Crippen LogP contribution >= 0.6 is 50.2 Å². The first-order valence-electron chi connectivity index (χ1n) is 7.64. The van der Waals surface area contributed by atoms with Crippen LogP contribution in [0.2, 0.25) is 5.02 Å². The van der Waals surface area contributed by atoms with Crippen molar-refractivity contribution in [3.05, 3.63) is 74.1 Å². The van der Waals surface area contributed by atoms with E-state index in [1.165, 1.54) is 22.7 Å². The van der Waals surface area contributed by atoms with E-state index in [4.69, 9.17) is 11.6 Å². The number of hydrogen-bond acceptors (Lipinski definition) is 5. The van der Waals surface area contributed by atoms with Crippen molar-refractivity contribution in [3.8, 4) is 0 Å². The van der Waals surface area contributed by atoms with Gasteiger partial charge in [-0.25, -0.2) is 4.98 Å². The van der Waals surface area contributed by atoms with Crippen molar-refractivity contribution in [2.45, 2.75) is 6.54 Å². The molecule has 8 heteroatoms. The normalized spacial score (nSPS) is 11.0. The van der Waals surface area contributed by atoms with Gasteiger partial charge in [-0.05, 0) is 52.3 Å². The Morgan fingerprint density at radius 3 is 2.69 bits per heavy atom. The number of pyridine rings is 1. The van der Waals surface area contributed by atoms with Crippen molar-refractivity contribution < 1.29 is 4.79 Å². The van der Waals surface area contributed by atoms with E-state index in [0.717, 1.165) is 14.2 Å². The number of benzene rings is 1. The van der Waals surface area contributed by atoms with Gasteiger partial charge in [0, 0.05) is 6.20 Å². The van der Waals surface area contributed by atoms with Crippen molar-refractivity contribution in [1.82, 2.24) is 9.97 Å². The number of thiophene rings is 1. The number of aromatic nitrogens is 2. The molecule has 0 radical (unpaired) electrons. The average Bonchev–Trinajstić information content (AvgIpc) is 3.27. The van der Waals surface area contributed by atoms with Crippen LogP contribution in [0, 0.1) is 0 Å². The van der Waals surface area contributed by atoms with E-state index in [2.05, 4.69) is 25.9 Å². The van der Waals surface area contributed by atoms with Gasteiger partial charge in [-0.1, -0.05) is 35.1 Å². The molecule has 0 atom stereocenters. The molecule has 0 fully saturated rings. The summed E-state index contributed by atoms with van der Waals surface area (Å²) < 4.78 is 1.85. The number of rotatable bonds is 4. The van der Waals surface area contributed by atoms with Gasteiger partial charge in [-0.2, -0.15) is 0 Å². The third-order valence-electron chi connectivity index (χ3n) is 3.66. The van der Waals surface area contributed by atoms with Gasteiger partial charge in [0.2, 0.25) is 0 Å². The van der Waals surface area contributed by atoms with Crippen LogP contribution in [0.4, 0.5) is 5.13 Å². The average molecular weight is 465 g/mol. The number of anilines is 1. The molecule has 130 valence electrons. The van der Waals surface area contributed by atoms with E-state index in [-0.39, 0.29) is 5.91 Å². The fraction of sp³-hybridized carbons (Fsp3) is 0.0556. The Hall–Kier alpha value is -1.80. The zero-order valence-electron chi connectivity index (χ0n) is 13.2. The third-order valence-corrected chi connectivity index (χ3v) is 6.62. The van der Waals surface area contributed by atoms with Gasteiger partial charge in [0.15, 0.2) is 5.13 Å². The molecule has 3 aromatic heterocycles. The van der Waals surface area contributed by atoms with Crippen LogP contribution in [-0.4, -0.2) is 15.9 Å². The maximum Gasteiger partial charge on any atom is 0.270 e. The fourth-order valence-electron chi connectivity index (χ4n) is 2.46. The highest BCUT2D eigenvalue weighted by Crippen LogP contribution is 2.35. The SMILES string of the molecule is O=C(c1ccc(Br)s1)N(Cc1ccccn1)c1nc2c(Cl)cccc2s1. The molecular formula is C18H11BrClN3OS2. The Bertz CT molecular complexity index is 1080. The van der Waals surface area contributed by atoms with Crippen molar-refractivity contribution in [2.75, 3.05) is 4.90 Å². The molecule has 0 spiro atoms. The number of carbonyl (C=O) groups excluding carboxylic acids is 1. The molecule has 0 saturated heterocycles. The first-order chi connectivity index (χ1) is 12.6. The first-order valence-corrected chi connectivity index (χ1v) is 10.4. The molecule has 26 heavy (non-hydrogen) atoms. The van der Waals surface area contributed by atoms with Crippen LogP contribution in [0.5, 0.6) is 0 Å². The molecule has 1 aromatic carbocycles. The van der Waals surface area contributed by atoms with Crippen LogP contribution in [0.3, 0.4) is 0 Å². The Labute approximate surface area is 171 Å². The zero-order valence-corrected chi connectivity index (χ0v) is 17.2. The number of amides is 1. The minimum Gasteiger partial charge on any atom is -0.277 e. The molecule has 0 N–H and O–H groups in total. The molecule has 0 saturated carbocycles. The number of halogens is 2. The van der Waals surface area contributed by atoms with E-state index in [9.17, 15) is 4.79 Å². The lowest BCUT2D eigenvalue weighted by molar-refractivity contribution is 0.0988. The maximum atomic E-state index is 13.1. The predicted molar refractivity (Wildman–Crippen MR) is 111 cm³/mol. The summed E-state index contributed by atoms with van der Waals surface area (Å²) in [6, 6.07) is 15.0. The van der Waals surface area contributed by atoms with Crippen LogP contribution < -0.4 is 4.90 Å². The lowest BCUT2D eigenvalue weighted by Gasteiger charge is -2.18. The lowest BCUT2D eigenvalue weighted by atomic mass is 10.3. The Balaban J connectivity index is 1.78. The van der Waals surface area contributed by atoms with Crippen molar-refractivity contribution in [3.63, 3.8) is 0 Å². The summed E-state index contributed by atoms with van der Waals surface area (Å²) in [5, 5.41) is 1.18. The van der Waals surface area contributed by atoms with Gasteiger partial charge in [-0.15, -0.1) is 11.3 Å². The number of para-hydroxylation sites is 1. The molecule has 4 rings (SSSR count). The second kappa shape index (κ2) is 7.44. The van der Waals surface area contributed by atoms with Gasteiger partial charge in [-0.3, -0.25) is 14.7 Å². The summed E-state index contributed by atoms with van der Waals surface area (Å²) in [7, 11) is 0. The summed E-state index contributed by atoms with van der Waals surface area (Å²) in [4.78, 5) is 24.4. The zero-order chi connectivity index (χ0) is 18.1. The number of nitrogens with zero attached hydrogens (tertiary/aromatic N) is 3. The number of thiazole rings is 1. The van der Waals surface area contributed by atoms with Crippen LogP contribution in [-0.2, 0) is 6.54 Å². The molecule has 4 aromatic rings. The van der Waals surface area contributed by atoms with Gasteiger partial charge in [0.1, 0.15) is 5.52 Å². The maximum absolute atomic E-state index is 13.1. The van der Waals surface area contributed by atoms with Crippen molar-refractivity contribution in [1.29, 1.82) is 0 Å². The number of hydrogen-bond donors (Lipinski definition) is 0. The van der Waals surface area contributed by atoms with Gasteiger partial charge >= 0.3 is 0 Å². The standard InChI is InChI=1S/C18H11BrClN3OS2/c19-15-8-7-14(25-15)17(24)23(10-11-4-1-2-9-21-11)18-22-16-12(20)5-3-6-13(16)26-18/h1-9H,10H2. The number of carbonyl (C=O) groups is 1. The molecular weight excluding hydrogens is 454 g/mol. The number of fused-ring (bicyclic) bond motifs is 1. The molecule has 0 bridgehead atoms. The Morgan fingerprint density at radius 1 is 1.12 bits per heavy atom. The predicted octanol–water partition coefficient (Wildman–Crippen LogP) is 6.02. The van der Waals surface area contributed by atoms with E-state index in [0.29, 0.717) is 27.1 Å². The van der Waals surface area contributed by atoms with E-state index >= 15 is 0 Å². The van der Waals surface area contributed by atoms with E-state index in [1.807, 2.05) is 42.5 Å². The van der Waals surface area contributed by atoms with Crippen LogP contribution in [0.1, 0.15) is 15.4 Å². The molecule has 1 amide bonds. The minimum atomic E-state index is -0.110. The summed E-state index contributed by atoms with van der Waals surface area (Å²) in [6.45, 7) is 0.340. The topological polar surface area (TPSA) is 46.1 Å². The summed E-state index contributed by atoms with van der Waals surface area (Å²) in [5.41, 5.74) is 1.50. The molecule has 0 unspecified atom stereocenters. The summed E-state index contributed by atoms with van der Waals surface area (Å²) >= 11 is 12.5. The highest BCUT2D eigenvalue weighted by atomic mass is 79.9. The summed E-state index contributed by atoms with van der Waals surface area (Å²) in [6.07, 6.45) is 1.72. The quantitative estimate of drug-likeness (QED) is 0.371. The first kappa shape index (κ1) is 17.6. The van der Waals surface area contributed by atoms with Crippen molar-refractivity contribution in [2.24, 2.45) is 0 Å². The smallest absolute Gasteiger partial charge is 0.270 e. The van der Waals surface area contributed by atoms with E-state index < -0.39 is 0 Å². The third kappa shape index (κ3) is 3.53. The van der Waals surface area contributed by atoms with Gasteiger partial charge in [0.05, 0.1) is 30.6 Å². The molecule has 0 aliphatic rings. The molecule has 0 aliphatic carbocycles. The monoisotopic (exact) mass is 463 g/mol. The second-order valence-corrected chi connectivity index (χ2v) is 9.28. The van der Waals surface area contributed by atoms with E-state index in [1.54, 1.807) is 17.2 Å². The van der Waals surface area contributed by atoms with Crippen LogP contribution in [0.15, 0.2) is 58.5 Å². The summed E-state index contributed by atoms with van der Waals surface area (Å²) in [5.74, 6) is -0.110. The largest absolute Gasteiger partial charge is 0.277 e. The van der Waals surface area contributed by atoms with Crippen LogP contribution in [0.25, 0.3) is 10.2 Å². The van der Waals surface area contributed by atoms with Gasteiger partial charge < -0.3 is 0 Å². The lowest BCUT2D eigenvalue weighted by Crippen LogP contribution is -2.30. The Morgan fingerprint density at radius 2 is 2.00 bits per heavy atom. The fourth-order valence-corrected chi connectivity index (χ4v) is 5.06. The minimum absolute atomic E-state index is 0.110. The van der Waals surface area contributed by atoms with Gasteiger partial charge in [0.25, 0.3) is 5.91 Å². The Kier molecular flexibility index (Phi) is 5.04. The molecule has 0 aliphatic heterocycles.